The first-order chi connectivity index (χ1) is 5.84. The van der Waals surface area contributed by atoms with Gasteiger partial charge in [-0.1, -0.05) is 32.6 Å². The first-order valence-corrected chi connectivity index (χ1v) is 4.29. The summed E-state index contributed by atoms with van der Waals surface area (Å²) in [6.45, 7) is 9.84. The van der Waals surface area contributed by atoms with E-state index in [-0.39, 0.29) is 0 Å². The molecule has 0 fully saturated rings. The molecule has 1 nitrogen and oxygen atoms in total. The van der Waals surface area contributed by atoms with Gasteiger partial charge in [0.15, 0.2) is 0 Å². The lowest BCUT2D eigenvalue weighted by atomic mass is 10.3. The van der Waals surface area contributed by atoms with Crippen LogP contribution in [0.25, 0.3) is 0 Å². The summed E-state index contributed by atoms with van der Waals surface area (Å²) in [6.07, 6.45) is 11.9. The molecule has 0 aromatic heterocycles. The molecule has 0 aromatic carbocycles. The quantitative estimate of drug-likeness (QED) is 0.572. The lowest BCUT2D eigenvalue weighted by molar-refractivity contribution is 0.648. The minimum absolute atomic E-state index is 1.00. The Morgan fingerprint density at radius 1 is 1.33 bits per heavy atom. The van der Waals surface area contributed by atoms with Crippen LogP contribution in [0, 0.1) is 0 Å². The standard InChI is InChI=1S/C9H11N.C2H6/c1-3-7-10-8-5-4-6-9(10)2;1-2/h3-8H,2H2,1H3;1-2H3/b7-3-;. The van der Waals surface area contributed by atoms with E-state index in [4.69, 9.17) is 0 Å². The van der Waals surface area contributed by atoms with Crippen molar-refractivity contribution in [2.45, 2.75) is 20.8 Å². The van der Waals surface area contributed by atoms with Gasteiger partial charge in [0.1, 0.15) is 0 Å². The van der Waals surface area contributed by atoms with Crippen LogP contribution >= 0.6 is 0 Å². The van der Waals surface area contributed by atoms with Crippen LogP contribution in [0.3, 0.4) is 0 Å². The lowest BCUT2D eigenvalue weighted by Crippen LogP contribution is -2.07. The van der Waals surface area contributed by atoms with E-state index in [0.29, 0.717) is 0 Å². The Morgan fingerprint density at radius 2 is 2.00 bits per heavy atom. The van der Waals surface area contributed by atoms with Gasteiger partial charge in [-0.2, -0.15) is 0 Å². The summed E-state index contributed by atoms with van der Waals surface area (Å²) in [6, 6.07) is 0. The number of nitrogens with zero attached hydrogens (tertiary/aromatic N) is 1. The SMILES string of the molecule is C=C1C=CC=CN1/C=C\C.CC. The van der Waals surface area contributed by atoms with Crippen LogP contribution in [0.2, 0.25) is 0 Å². The van der Waals surface area contributed by atoms with E-state index in [0.717, 1.165) is 5.70 Å². The summed E-state index contributed by atoms with van der Waals surface area (Å²) in [5.74, 6) is 0. The largest absolute Gasteiger partial charge is 0.325 e. The number of rotatable bonds is 1. The van der Waals surface area contributed by atoms with Gasteiger partial charge in [-0.05, 0) is 19.1 Å². The average molecular weight is 163 g/mol. The van der Waals surface area contributed by atoms with Gasteiger partial charge >= 0.3 is 0 Å². The van der Waals surface area contributed by atoms with Crippen molar-refractivity contribution < 1.29 is 0 Å². The fourth-order valence-corrected chi connectivity index (χ4v) is 0.797. The Bertz CT molecular complexity index is 209. The second-order valence-electron chi connectivity index (χ2n) is 2.08. The third kappa shape index (κ3) is 3.24. The van der Waals surface area contributed by atoms with E-state index in [2.05, 4.69) is 6.58 Å². The molecule has 0 N–H and O–H groups in total. The van der Waals surface area contributed by atoms with Crippen LogP contribution < -0.4 is 0 Å². The zero-order valence-corrected chi connectivity index (χ0v) is 8.12. The van der Waals surface area contributed by atoms with E-state index in [9.17, 15) is 0 Å². The highest BCUT2D eigenvalue weighted by molar-refractivity contribution is 5.27. The highest BCUT2D eigenvalue weighted by Crippen LogP contribution is 2.09. The molecule has 0 saturated carbocycles. The van der Waals surface area contributed by atoms with Gasteiger partial charge < -0.3 is 4.90 Å². The number of hydrogen-bond acceptors (Lipinski definition) is 1. The third-order valence-corrected chi connectivity index (χ3v) is 1.29. The first-order valence-electron chi connectivity index (χ1n) is 4.29. The van der Waals surface area contributed by atoms with Crippen LogP contribution in [0.15, 0.2) is 49.0 Å². The van der Waals surface area contributed by atoms with E-state index in [1.54, 1.807) is 0 Å². The Balaban J connectivity index is 0.000000561. The number of allylic oxidation sites excluding steroid dienone is 4. The summed E-state index contributed by atoms with van der Waals surface area (Å²) in [5, 5.41) is 0. The Kier molecular flexibility index (Phi) is 5.80. The maximum atomic E-state index is 3.85. The Hall–Kier alpha value is -1.24. The Labute approximate surface area is 75.4 Å². The average Bonchev–Trinajstić information content (AvgIpc) is 2.13. The molecule has 1 heteroatoms. The van der Waals surface area contributed by atoms with Crippen molar-refractivity contribution >= 4 is 0 Å². The molecule has 0 radical (unpaired) electrons. The van der Waals surface area contributed by atoms with E-state index >= 15 is 0 Å². The molecule has 0 aromatic rings. The van der Waals surface area contributed by atoms with Crippen molar-refractivity contribution in [3.63, 3.8) is 0 Å². The van der Waals surface area contributed by atoms with E-state index in [1.165, 1.54) is 0 Å². The maximum Gasteiger partial charge on any atom is 0.0377 e. The fourth-order valence-electron chi connectivity index (χ4n) is 0.797. The molecule has 0 amide bonds. The van der Waals surface area contributed by atoms with Crippen molar-refractivity contribution in [2.24, 2.45) is 0 Å². The molecule has 0 bridgehead atoms. The molecule has 0 spiro atoms. The zero-order valence-electron chi connectivity index (χ0n) is 8.12. The normalized spacial score (nSPS) is 14.9. The summed E-state index contributed by atoms with van der Waals surface area (Å²) < 4.78 is 0. The summed E-state index contributed by atoms with van der Waals surface area (Å²) in [4.78, 5) is 1.97. The second-order valence-corrected chi connectivity index (χ2v) is 2.08. The molecular weight excluding hydrogens is 146 g/mol. The van der Waals surface area contributed by atoms with Crippen molar-refractivity contribution in [2.75, 3.05) is 0 Å². The van der Waals surface area contributed by atoms with Crippen molar-refractivity contribution in [1.29, 1.82) is 0 Å². The summed E-state index contributed by atoms with van der Waals surface area (Å²) in [7, 11) is 0. The van der Waals surface area contributed by atoms with Crippen LogP contribution in [0.1, 0.15) is 20.8 Å². The summed E-state index contributed by atoms with van der Waals surface area (Å²) in [5.41, 5.74) is 1.00. The highest BCUT2D eigenvalue weighted by Gasteiger charge is 1.97. The molecule has 12 heavy (non-hydrogen) atoms. The third-order valence-electron chi connectivity index (χ3n) is 1.29. The smallest absolute Gasteiger partial charge is 0.0377 e. The van der Waals surface area contributed by atoms with Gasteiger partial charge in [-0.3, -0.25) is 0 Å². The van der Waals surface area contributed by atoms with Crippen LogP contribution in [0.4, 0.5) is 0 Å². The molecule has 0 saturated heterocycles. The molecular formula is C11H17N. The molecule has 1 aliphatic rings. The van der Waals surface area contributed by atoms with Gasteiger partial charge in [0.05, 0.1) is 0 Å². The van der Waals surface area contributed by atoms with Gasteiger partial charge in [0, 0.05) is 18.1 Å². The van der Waals surface area contributed by atoms with Crippen LogP contribution in [-0.4, -0.2) is 4.90 Å². The lowest BCUT2D eigenvalue weighted by Gasteiger charge is -2.17. The fraction of sp³-hybridized carbons (Fsp3) is 0.273. The van der Waals surface area contributed by atoms with Crippen molar-refractivity contribution in [1.82, 2.24) is 4.90 Å². The van der Waals surface area contributed by atoms with Crippen molar-refractivity contribution in [3.05, 3.63) is 49.0 Å². The number of hydrogen-bond donors (Lipinski definition) is 0. The van der Waals surface area contributed by atoms with Gasteiger partial charge in [-0.15, -0.1) is 0 Å². The zero-order chi connectivity index (χ0) is 9.40. The summed E-state index contributed by atoms with van der Waals surface area (Å²) >= 11 is 0. The molecule has 0 aliphatic carbocycles. The first kappa shape index (κ1) is 10.8. The maximum absolute atomic E-state index is 3.85. The molecule has 1 rings (SSSR count). The van der Waals surface area contributed by atoms with Crippen LogP contribution in [0.5, 0.6) is 0 Å². The van der Waals surface area contributed by atoms with E-state index < -0.39 is 0 Å². The second kappa shape index (κ2) is 6.47. The van der Waals surface area contributed by atoms with Gasteiger partial charge in [0.2, 0.25) is 0 Å². The predicted molar refractivity (Wildman–Crippen MR) is 55.4 cm³/mol. The van der Waals surface area contributed by atoms with Crippen LogP contribution in [-0.2, 0) is 0 Å². The minimum Gasteiger partial charge on any atom is -0.325 e. The monoisotopic (exact) mass is 163 g/mol. The van der Waals surface area contributed by atoms with Gasteiger partial charge in [-0.25, -0.2) is 0 Å². The molecule has 0 atom stereocenters. The van der Waals surface area contributed by atoms with Crippen molar-refractivity contribution in [3.8, 4) is 0 Å². The van der Waals surface area contributed by atoms with Gasteiger partial charge in [0.25, 0.3) is 0 Å². The molecule has 66 valence electrons. The minimum atomic E-state index is 1.00. The highest BCUT2D eigenvalue weighted by atomic mass is 15.1. The molecule has 1 aliphatic heterocycles. The van der Waals surface area contributed by atoms with E-state index in [1.807, 2.05) is 62.4 Å². The topological polar surface area (TPSA) is 3.24 Å². The Morgan fingerprint density at radius 3 is 2.50 bits per heavy atom. The predicted octanol–water partition coefficient (Wildman–Crippen LogP) is 3.45. The molecule has 0 unspecified atom stereocenters. The molecule has 1 heterocycles.